The minimum atomic E-state index is -0.288. The number of rotatable bonds is 3. The van der Waals surface area contributed by atoms with Gasteiger partial charge in [0.05, 0.1) is 5.92 Å². The summed E-state index contributed by atoms with van der Waals surface area (Å²) in [6, 6.07) is 7.30. The molecule has 1 unspecified atom stereocenters. The van der Waals surface area contributed by atoms with Gasteiger partial charge in [-0.05, 0) is 11.6 Å². The normalized spacial score (nSPS) is 18.4. The molecule has 1 aromatic carbocycles. The first kappa shape index (κ1) is 13.0. The number of benzene rings is 1. The van der Waals surface area contributed by atoms with E-state index in [-0.39, 0.29) is 17.7 Å². The Balaban J connectivity index is 2.30. The van der Waals surface area contributed by atoms with Crippen LogP contribution in [0.2, 0.25) is 0 Å². The lowest BCUT2D eigenvalue weighted by molar-refractivity contribution is -0.122. The lowest BCUT2D eigenvalue weighted by atomic mass is 9.89. The minimum absolute atomic E-state index is 0.0242. The summed E-state index contributed by atoms with van der Waals surface area (Å²) in [6.07, 6.45) is 0. The fraction of sp³-hybridized carbons (Fsp3) is 0.385. The number of thiol groups is 1. The van der Waals surface area contributed by atoms with Gasteiger partial charge in [0.15, 0.2) is 0 Å². The van der Waals surface area contributed by atoms with Crippen LogP contribution in [-0.4, -0.2) is 42.6 Å². The van der Waals surface area contributed by atoms with Crippen molar-refractivity contribution in [3.8, 4) is 0 Å². The number of hydrogen-bond acceptors (Lipinski definition) is 3. The number of carbonyl (C=O) groups excluding carboxylic acids is 2. The SMILES string of the molecule is CN1CC(C(=O)NCCS)c2ccccc2C1=O. The Kier molecular flexibility index (Phi) is 3.91. The van der Waals surface area contributed by atoms with Gasteiger partial charge in [-0.1, -0.05) is 18.2 Å². The topological polar surface area (TPSA) is 49.4 Å². The Morgan fingerprint density at radius 1 is 1.50 bits per heavy atom. The maximum Gasteiger partial charge on any atom is 0.253 e. The molecule has 1 aliphatic rings. The summed E-state index contributed by atoms with van der Waals surface area (Å²) >= 11 is 4.07. The van der Waals surface area contributed by atoms with Crippen LogP contribution in [0.3, 0.4) is 0 Å². The van der Waals surface area contributed by atoms with Gasteiger partial charge >= 0.3 is 0 Å². The fourth-order valence-corrected chi connectivity index (χ4v) is 2.29. The summed E-state index contributed by atoms with van der Waals surface area (Å²) in [5, 5.41) is 2.83. The Morgan fingerprint density at radius 2 is 2.22 bits per heavy atom. The van der Waals surface area contributed by atoms with Gasteiger partial charge in [-0.25, -0.2) is 0 Å². The molecule has 1 atom stereocenters. The number of nitrogens with one attached hydrogen (secondary N) is 1. The van der Waals surface area contributed by atoms with Crippen LogP contribution in [0.1, 0.15) is 21.8 Å². The van der Waals surface area contributed by atoms with Crippen LogP contribution in [0.25, 0.3) is 0 Å². The summed E-state index contributed by atoms with van der Waals surface area (Å²) in [5.41, 5.74) is 1.44. The molecule has 4 nitrogen and oxygen atoms in total. The van der Waals surface area contributed by atoms with Crippen molar-refractivity contribution in [2.45, 2.75) is 5.92 Å². The molecule has 2 amide bonds. The van der Waals surface area contributed by atoms with E-state index in [1.54, 1.807) is 18.0 Å². The summed E-state index contributed by atoms with van der Waals surface area (Å²) in [5.74, 6) is 0.248. The first-order valence-electron chi connectivity index (χ1n) is 5.88. The molecule has 1 aliphatic heterocycles. The summed E-state index contributed by atoms with van der Waals surface area (Å²) < 4.78 is 0. The number of likely N-dealkylation sites (N-methyl/N-ethyl adjacent to an activating group) is 1. The largest absolute Gasteiger partial charge is 0.355 e. The van der Waals surface area contributed by atoms with Crippen molar-refractivity contribution in [3.05, 3.63) is 35.4 Å². The molecule has 2 rings (SSSR count). The molecule has 0 bridgehead atoms. The van der Waals surface area contributed by atoms with E-state index in [9.17, 15) is 9.59 Å². The van der Waals surface area contributed by atoms with Crippen molar-refractivity contribution in [2.24, 2.45) is 0 Å². The van der Waals surface area contributed by atoms with Crippen LogP contribution in [0.4, 0.5) is 0 Å². The first-order chi connectivity index (χ1) is 8.65. The fourth-order valence-electron chi connectivity index (χ4n) is 2.18. The molecule has 1 N–H and O–H groups in total. The van der Waals surface area contributed by atoms with Crippen molar-refractivity contribution in [1.29, 1.82) is 0 Å². The second-order valence-electron chi connectivity index (χ2n) is 4.34. The molecule has 18 heavy (non-hydrogen) atoms. The molecular weight excluding hydrogens is 248 g/mol. The van der Waals surface area contributed by atoms with E-state index in [1.165, 1.54) is 0 Å². The Bertz CT molecular complexity index is 476. The Morgan fingerprint density at radius 3 is 2.94 bits per heavy atom. The van der Waals surface area contributed by atoms with Crippen LogP contribution in [0.5, 0.6) is 0 Å². The molecule has 0 aliphatic carbocycles. The average Bonchev–Trinajstić information content (AvgIpc) is 2.40. The first-order valence-corrected chi connectivity index (χ1v) is 6.51. The van der Waals surface area contributed by atoms with E-state index in [0.717, 1.165) is 5.56 Å². The number of amides is 2. The lowest BCUT2D eigenvalue weighted by Gasteiger charge is -2.31. The van der Waals surface area contributed by atoms with Crippen LogP contribution < -0.4 is 5.32 Å². The second kappa shape index (κ2) is 5.44. The highest BCUT2D eigenvalue weighted by molar-refractivity contribution is 7.80. The van der Waals surface area contributed by atoms with Gasteiger partial charge in [-0.15, -0.1) is 0 Å². The lowest BCUT2D eigenvalue weighted by Crippen LogP contribution is -2.43. The van der Waals surface area contributed by atoms with E-state index in [0.29, 0.717) is 24.4 Å². The van der Waals surface area contributed by atoms with Gasteiger partial charge in [0.25, 0.3) is 5.91 Å². The van der Waals surface area contributed by atoms with E-state index >= 15 is 0 Å². The van der Waals surface area contributed by atoms with E-state index < -0.39 is 0 Å². The molecule has 1 heterocycles. The van der Waals surface area contributed by atoms with Crippen molar-refractivity contribution >= 4 is 24.4 Å². The third-order valence-electron chi connectivity index (χ3n) is 3.10. The zero-order chi connectivity index (χ0) is 13.1. The molecule has 0 fully saturated rings. The number of hydrogen-bond donors (Lipinski definition) is 2. The highest BCUT2D eigenvalue weighted by Gasteiger charge is 2.32. The van der Waals surface area contributed by atoms with Gasteiger partial charge < -0.3 is 10.2 Å². The third-order valence-corrected chi connectivity index (χ3v) is 3.32. The van der Waals surface area contributed by atoms with Crippen LogP contribution >= 0.6 is 12.6 Å². The van der Waals surface area contributed by atoms with E-state index in [4.69, 9.17) is 0 Å². The van der Waals surface area contributed by atoms with Gasteiger partial charge in [-0.2, -0.15) is 12.6 Å². The van der Waals surface area contributed by atoms with Crippen molar-refractivity contribution in [3.63, 3.8) is 0 Å². The van der Waals surface area contributed by atoms with E-state index in [2.05, 4.69) is 17.9 Å². The maximum absolute atomic E-state index is 12.1. The summed E-state index contributed by atoms with van der Waals surface area (Å²) in [4.78, 5) is 25.7. The van der Waals surface area contributed by atoms with Gasteiger partial charge in [0, 0.05) is 31.5 Å². The Hall–Kier alpha value is -1.49. The predicted molar refractivity (Wildman–Crippen MR) is 73.0 cm³/mol. The highest BCUT2D eigenvalue weighted by atomic mass is 32.1. The van der Waals surface area contributed by atoms with E-state index in [1.807, 2.05) is 18.2 Å². The van der Waals surface area contributed by atoms with Crippen molar-refractivity contribution < 1.29 is 9.59 Å². The molecular formula is C13H16N2O2S. The summed E-state index contributed by atoms with van der Waals surface area (Å²) in [6.45, 7) is 0.965. The molecule has 0 spiro atoms. The Labute approximate surface area is 112 Å². The molecule has 0 saturated heterocycles. The highest BCUT2D eigenvalue weighted by Crippen LogP contribution is 2.27. The average molecular weight is 264 g/mol. The molecule has 0 saturated carbocycles. The smallest absolute Gasteiger partial charge is 0.253 e. The number of nitrogens with zero attached hydrogens (tertiary/aromatic N) is 1. The van der Waals surface area contributed by atoms with Gasteiger partial charge in [-0.3, -0.25) is 9.59 Å². The molecule has 1 aromatic rings. The molecule has 5 heteroatoms. The van der Waals surface area contributed by atoms with Crippen LogP contribution in [0, 0.1) is 0 Å². The standard InChI is InChI=1S/C13H16N2O2S/c1-15-8-11(12(16)14-6-7-18)9-4-2-3-5-10(9)13(15)17/h2-5,11,18H,6-8H2,1H3,(H,14,16). The number of carbonyl (C=O) groups is 2. The monoisotopic (exact) mass is 264 g/mol. The van der Waals surface area contributed by atoms with Crippen molar-refractivity contribution in [1.82, 2.24) is 10.2 Å². The zero-order valence-corrected chi connectivity index (χ0v) is 11.1. The number of fused-ring (bicyclic) bond motifs is 1. The van der Waals surface area contributed by atoms with Crippen LogP contribution in [0.15, 0.2) is 24.3 Å². The third kappa shape index (κ3) is 2.36. The van der Waals surface area contributed by atoms with Crippen molar-refractivity contribution in [2.75, 3.05) is 25.9 Å². The second-order valence-corrected chi connectivity index (χ2v) is 4.79. The molecule has 96 valence electrons. The predicted octanol–water partition coefficient (Wildman–Crippen LogP) is 0.902. The maximum atomic E-state index is 12.1. The molecule has 0 aromatic heterocycles. The summed E-state index contributed by atoms with van der Waals surface area (Å²) in [7, 11) is 1.72. The zero-order valence-electron chi connectivity index (χ0n) is 10.2. The van der Waals surface area contributed by atoms with Crippen LogP contribution in [-0.2, 0) is 4.79 Å². The van der Waals surface area contributed by atoms with Gasteiger partial charge in [0.1, 0.15) is 0 Å². The quantitative estimate of drug-likeness (QED) is 0.797. The minimum Gasteiger partial charge on any atom is -0.355 e. The van der Waals surface area contributed by atoms with Gasteiger partial charge in [0.2, 0.25) is 5.91 Å². The molecule has 0 radical (unpaired) electrons.